The van der Waals surface area contributed by atoms with E-state index < -0.39 is 0 Å². The van der Waals surface area contributed by atoms with Crippen LogP contribution in [0.5, 0.6) is 5.88 Å². The van der Waals surface area contributed by atoms with Crippen LogP contribution in [0.25, 0.3) is 0 Å². The first-order chi connectivity index (χ1) is 11.6. The van der Waals surface area contributed by atoms with Crippen molar-refractivity contribution in [1.82, 2.24) is 14.9 Å². The number of carbonyl (C=O) groups excluding carboxylic acids is 1. The van der Waals surface area contributed by atoms with Crippen LogP contribution < -0.4 is 9.64 Å². The van der Waals surface area contributed by atoms with Gasteiger partial charge in [0.1, 0.15) is 6.10 Å². The minimum atomic E-state index is -0.0678. The first kappa shape index (κ1) is 16.2. The summed E-state index contributed by atoms with van der Waals surface area (Å²) in [4.78, 5) is 24.9. The fourth-order valence-electron chi connectivity index (χ4n) is 2.85. The fraction of sp³-hybridized carbons (Fsp3) is 0.389. The van der Waals surface area contributed by atoms with Gasteiger partial charge in [0.15, 0.2) is 5.82 Å². The maximum atomic E-state index is 12.6. The Bertz CT molecular complexity index is 690. The summed E-state index contributed by atoms with van der Waals surface area (Å²) in [5.41, 5.74) is 0.714. The summed E-state index contributed by atoms with van der Waals surface area (Å²) < 4.78 is 6.05. The van der Waals surface area contributed by atoms with Gasteiger partial charge in [-0.25, -0.2) is 9.97 Å². The second kappa shape index (κ2) is 7.29. The molecule has 1 aromatic carbocycles. The van der Waals surface area contributed by atoms with E-state index in [9.17, 15) is 4.79 Å². The fourth-order valence-corrected chi connectivity index (χ4v) is 2.85. The maximum absolute atomic E-state index is 12.6. The Morgan fingerprint density at radius 2 is 1.96 bits per heavy atom. The number of nitrogens with zero attached hydrogens (tertiary/aromatic N) is 4. The summed E-state index contributed by atoms with van der Waals surface area (Å²) in [6.45, 7) is 1.33. The van der Waals surface area contributed by atoms with Gasteiger partial charge in [-0.3, -0.25) is 4.79 Å². The predicted molar refractivity (Wildman–Crippen MR) is 92.4 cm³/mol. The number of ether oxygens (including phenoxy) is 1. The SMILES string of the molecule is CN(C)c1nccnc1OC1CCCN(C(=O)c2ccccc2)C1. The number of amides is 1. The van der Waals surface area contributed by atoms with Gasteiger partial charge in [0.05, 0.1) is 6.54 Å². The molecule has 1 saturated heterocycles. The lowest BCUT2D eigenvalue weighted by atomic mass is 10.1. The molecule has 1 atom stereocenters. The highest BCUT2D eigenvalue weighted by atomic mass is 16.5. The molecule has 1 aliphatic heterocycles. The molecule has 0 aliphatic carbocycles. The van der Waals surface area contributed by atoms with Gasteiger partial charge in [-0.2, -0.15) is 0 Å². The number of hydrogen-bond acceptors (Lipinski definition) is 5. The third-order valence-corrected chi connectivity index (χ3v) is 4.03. The number of piperidine rings is 1. The molecule has 0 radical (unpaired) electrons. The van der Waals surface area contributed by atoms with Gasteiger partial charge in [-0.05, 0) is 25.0 Å². The van der Waals surface area contributed by atoms with E-state index in [2.05, 4.69) is 9.97 Å². The summed E-state index contributed by atoms with van der Waals surface area (Å²) in [5, 5.41) is 0. The first-order valence-electron chi connectivity index (χ1n) is 8.14. The molecule has 1 unspecified atom stereocenters. The van der Waals surface area contributed by atoms with Gasteiger partial charge in [0, 0.05) is 38.6 Å². The smallest absolute Gasteiger partial charge is 0.257 e. The normalized spacial score (nSPS) is 17.4. The summed E-state index contributed by atoms with van der Waals surface area (Å²) in [5.74, 6) is 1.27. The molecule has 0 spiro atoms. The lowest BCUT2D eigenvalue weighted by Gasteiger charge is -2.33. The highest BCUT2D eigenvalue weighted by molar-refractivity contribution is 5.94. The molecule has 0 N–H and O–H groups in total. The number of anilines is 1. The number of aromatic nitrogens is 2. The van der Waals surface area contributed by atoms with Gasteiger partial charge in [-0.15, -0.1) is 0 Å². The third-order valence-electron chi connectivity index (χ3n) is 4.03. The van der Waals surface area contributed by atoms with Crippen LogP contribution in [-0.4, -0.2) is 54.1 Å². The Balaban J connectivity index is 1.69. The molecule has 1 aromatic heterocycles. The van der Waals surface area contributed by atoms with Gasteiger partial charge in [0.25, 0.3) is 11.8 Å². The lowest BCUT2D eigenvalue weighted by molar-refractivity contribution is 0.0528. The van der Waals surface area contributed by atoms with Gasteiger partial charge in [0.2, 0.25) is 0 Å². The molecular formula is C18H22N4O2. The number of likely N-dealkylation sites (tertiary alicyclic amines) is 1. The van der Waals surface area contributed by atoms with Crippen LogP contribution in [0, 0.1) is 0 Å². The molecule has 2 heterocycles. The lowest BCUT2D eigenvalue weighted by Crippen LogP contribution is -2.44. The van der Waals surface area contributed by atoms with Crippen molar-refractivity contribution in [2.45, 2.75) is 18.9 Å². The average Bonchev–Trinajstić information content (AvgIpc) is 2.62. The first-order valence-corrected chi connectivity index (χ1v) is 8.14. The molecular weight excluding hydrogens is 304 g/mol. The van der Waals surface area contributed by atoms with Crippen molar-refractivity contribution in [1.29, 1.82) is 0 Å². The van der Waals surface area contributed by atoms with Gasteiger partial charge < -0.3 is 14.5 Å². The van der Waals surface area contributed by atoms with Crippen LogP contribution in [0.1, 0.15) is 23.2 Å². The van der Waals surface area contributed by atoms with Crippen LogP contribution in [-0.2, 0) is 0 Å². The second-order valence-electron chi connectivity index (χ2n) is 6.08. The van der Waals surface area contributed by atoms with Gasteiger partial charge >= 0.3 is 0 Å². The minimum absolute atomic E-state index is 0.0517. The molecule has 126 valence electrons. The number of hydrogen-bond donors (Lipinski definition) is 0. The summed E-state index contributed by atoms with van der Waals surface area (Å²) >= 11 is 0. The van der Waals surface area contributed by atoms with Crippen molar-refractivity contribution in [2.75, 3.05) is 32.1 Å². The van der Waals surface area contributed by atoms with E-state index in [-0.39, 0.29) is 12.0 Å². The van der Waals surface area contributed by atoms with Gasteiger partial charge in [-0.1, -0.05) is 18.2 Å². The monoisotopic (exact) mass is 326 g/mol. The molecule has 1 amide bonds. The molecule has 3 rings (SSSR count). The minimum Gasteiger partial charge on any atom is -0.470 e. The average molecular weight is 326 g/mol. The van der Waals surface area contributed by atoms with E-state index >= 15 is 0 Å². The van der Waals surface area contributed by atoms with Crippen molar-refractivity contribution in [3.63, 3.8) is 0 Å². The molecule has 6 nitrogen and oxygen atoms in total. The van der Waals surface area contributed by atoms with Crippen LogP contribution >= 0.6 is 0 Å². The molecule has 0 bridgehead atoms. The molecule has 0 saturated carbocycles. The van der Waals surface area contributed by atoms with Crippen molar-refractivity contribution >= 4 is 11.7 Å². The zero-order valence-corrected chi connectivity index (χ0v) is 14.1. The topological polar surface area (TPSA) is 58.6 Å². The van der Waals surface area contributed by atoms with E-state index in [4.69, 9.17) is 4.74 Å². The Labute approximate surface area is 142 Å². The number of benzene rings is 1. The zero-order chi connectivity index (χ0) is 16.9. The summed E-state index contributed by atoms with van der Waals surface area (Å²) in [7, 11) is 3.81. The van der Waals surface area contributed by atoms with Crippen molar-refractivity contribution in [2.24, 2.45) is 0 Å². The molecule has 1 aliphatic rings. The van der Waals surface area contributed by atoms with Crippen LogP contribution in [0.2, 0.25) is 0 Å². The van der Waals surface area contributed by atoms with Crippen molar-refractivity contribution in [3.8, 4) is 5.88 Å². The van der Waals surface area contributed by atoms with Crippen LogP contribution in [0.15, 0.2) is 42.7 Å². The van der Waals surface area contributed by atoms with E-state index in [1.54, 1.807) is 12.4 Å². The quantitative estimate of drug-likeness (QED) is 0.862. The van der Waals surface area contributed by atoms with E-state index in [0.717, 1.165) is 19.4 Å². The summed E-state index contributed by atoms with van der Waals surface area (Å²) in [6.07, 6.45) is 5.02. The Hall–Kier alpha value is -2.63. The highest BCUT2D eigenvalue weighted by Crippen LogP contribution is 2.24. The van der Waals surface area contributed by atoms with Crippen LogP contribution in [0.3, 0.4) is 0 Å². The predicted octanol–water partition coefficient (Wildman–Crippen LogP) is 2.23. The molecule has 6 heteroatoms. The van der Waals surface area contributed by atoms with Crippen LogP contribution in [0.4, 0.5) is 5.82 Å². The van der Waals surface area contributed by atoms with Crippen molar-refractivity contribution < 1.29 is 9.53 Å². The molecule has 24 heavy (non-hydrogen) atoms. The molecule has 2 aromatic rings. The Morgan fingerprint density at radius 1 is 1.21 bits per heavy atom. The van der Waals surface area contributed by atoms with E-state index in [0.29, 0.717) is 23.8 Å². The molecule has 1 fully saturated rings. The second-order valence-corrected chi connectivity index (χ2v) is 6.08. The summed E-state index contributed by atoms with van der Waals surface area (Å²) in [6, 6.07) is 9.37. The van der Waals surface area contributed by atoms with E-state index in [1.165, 1.54) is 0 Å². The highest BCUT2D eigenvalue weighted by Gasteiger charge is 2.26. The maximum Gasteiger partial charge on any atom is 0.257 e. The largest absolute Gasteiger partial charge is 0.470 e. The standard InChI is InChI=1S/C18H22N4O2/c1-21(2)16-17(20-11-10-19-16)24-15-9-6-12-22(13-15)18(23)14-7-4-3-5-8-14/h3-5,7-8,10-11,15H,6,9,12-13H2,1-2H3. The third kappa shape index (κ3) is 3.64. The van der Waals surface area contributed by atoms with E-state index in [1.807, 2.05) is 54.2 Å². The Kier molecular flexibility index (Phi) is 4.93. The number of rotatable bonds is 4. The number of carbonyl (C=O) groups is 1. The Morgan fingerprint density at radius 3 is 2.71 bits per heavy atom. The zero-order valence-electron chi connectivity index (χ0n) is 14.1. The van der Waals surface area contributed by atoms with Crippen molar-refractivity contribution in [3.05, 3.63) is 48.3 Å².